The predicted octanol–water partition coefficient (Wildman–Crippen LogP) is 2.89. The molecule has 3 aliphatic rings. The van der Waals surface area contributed by atoms with Gasteiger partial charge < -0.3 is 36.2 Å². The Morgan fingerprint density at radius 1 is 0.979 bits per heavy atom. The average Bonchev–Trinajstić information content (AvgIpc) is 3.03. The summed E-state index contributed by atoms with van der Waals surface area (Å²) >= 11 is 0. The molecule has 12 heteroatoms. The number of Topliss-reactive ketones (excluding diaryl/α,β-unsaturated/α-hetero) is 2. The molecule has 0 aromatic heterocycles. The number of phenolic OH excluding ortho intramolecular Hbond substituents is 1. The number of anilines is 1. The van der Waals surface area contributed by atoms with Gasteiger partial charge >= 0.3 is 0 Å². The number of phenols is 1. The lowest BCUT2D eigenvalue weighted by Gasteiger charge is -2.50. The first-order chi connectivity index (χ1) is 22.3. The maximum absolute atomic E-state index is 14.0. The van der Waals surface area contributed by atoms with E-state index in [4.69, 9.17) is 10.5 Å². The molecular formula is C35H33N3O9. The maximum Gasteiger partial charge on any atom is 0.255 e. The number of primary amides is 1. The molecular weight excluding hydrogens is 606 g/mol. The number of fused-ring (bicyclic) bond motifs is 3. The van der Waals surface area contributed by atoms with Gasteiger partial charge in [0.05, 0.1) is 18.7 Å². The number of rotatable bonds is 6. The molecule has 3 aliphatic carbocycles. The van der Waals surface area contributed by atoms with Crippen molar-refractivity contribution in [2.24, 2.45) is 17.6 Å². The topological polar surface area (TPSA) is 200 Å². The fraction of sp³-hybridized carbons (Fsp3) is 0.257. The first-order valence-corrected chi connectivity index (χ1v) is 14.8. The molecule has 1 fully saturated rings. The second-order valence-electron chi connectivity index (χ2n) is 12.2. The second kappa shape index (κ2) is 11.4. The van der Waals surface area contributed by atoms with E-state index in [0.29, 0.717) is 33.7 Å². The summed E-state index contributed by atoms with van der Waals surface area (Å²) in [6, 6.07) is 15.5. The Morgan fingerprint density at radius 2 is 1.64 bits per heavy atom. The van der Waals surface area contributed by atoms with Crippen molar-refractivity contribution in [1.82, 2.24) is 4.90 Å². The van der Waals surface area contributed by atoms with E-state index in [2.05, 4.69) is 5.32 Å². The lowest BCUT2D eigenvalue weighted by molar-refractivity contribution is -0.153. The van der Waals surface area contributed by atoms with Crippen LogP contribution in [0.2, 0.25) is 0 Å². The summed E-state index contributed by atoms with van der Waals surface area (Å²) < 4.78 is 5.14. The molecule has 3 aromatic rings. The van der Waals surface area contributed by atoms with Gasteiger partial charge in [-0.3, -0.25) is 24.1 Å². The number of carbonyl (C=O) groups excluding carboxylic acids is 4. The van der Waals surface area contributed by atoms with Crippen LogP contribution in [-0.4, -0.2) is 81.6 Å². The highest BCUT2D eigenvalue weighted by atomic mass is 16.5. The van der Waals surface area contributed by atoms with Crippen molar-refractivity contribution in [2.75, 3.05) is 26.5 Å². The number of ketones is 2. The Balaban J connectivity index is 1.38. The van der Waals surface area contributed by atoms with Crippen LogP contribution in [0.25, 0.3) is 16.9 Å². The molecule has 0 spiro atoms. The molecule has 242 valence electrons. The number of aliphatic hydroxyl groups is 3. The average molecular weight is 640 g/mol. The van der Waals surface area contributed by atoms with Gasteiger partial charge in [-0.25, -0.2) is 0 Å². The number of benzene rings is 3. The first-order valence-electron chi connectivity index (χ1n) is 14.8. The summed E-state index contributed by atoms with van der Waals surface area (Å²) in [5, 5.41) is 48.0. The Kier molecular flexibility index (Phi) is 7.65. The van der Waals surface area contributed by atoms with E-state index in [1.54, 1.807) is 68.7 Å². The van der Waals surface area contributed by atoms with Crippen LogP contribution in [-0.2, 0) is 20.8 Å². The summed E-state index contributed by atoms with van der Waals surface area (Å²) in [7, 11) is 4.64. The van der Waals surface area contributed by atoms with E-state index in [9.17, 15) is 39.6 Å². The molecule has 0 radical (unpaired) electrons. The SMILES string of the molecule is COc1ccc(C(=O)Nc2ccc(-c3ccc(O)c4c3CC3CC5C(N(C)C)C(=O)C(C(N)=O)=C(O)C5(O)C(=O)C3=C4O)cc2)cc1. The third kappa shape index (κ3) is 4.84. The van der Waals surface area contributed by atoms with Crippen molar-refractivity contribution in [3.8, 4) is 22.6 Å². The molecule has 3 aromatic carbocycles. The number of hydrogen-bond acceptors (Lipinski definition) is 10. The van der Waals surface area contributed by atoms with Crippen LogP contribution in [0, 0.1) is 11.8 Å². The van der Waals surface area contributed by atoms with Crippen molar-refractivity contribution in [2.45, 2.75) is 24.5 Å². The van der Waals surface area contributed by atoms with Crippen molar-refractivity contribution in [3.05, 3.63) is 94.3 Å². The third-order valence-electron chi connectivity index (χ3n) is 9.41. The van der Waals surface area contributed by atoms with Crippen molar-refractivity contribution < 1.29 is 44.3 Å². The van der Waals surface area contributed by atoms with Crippen LogP contribution in [0.3, 0.4) is 0 Å². The number of hydrogen-bond donors (Lipinski definition) is 6. The second-order valence-corrected chi connectivity index (χ2v) is 12.2. The fourth-order valence-electron chi connectivity index (χ4n) is 7.19. The monoisotopic (exact) mass is 639 g/mol. The number of nitrogens with two attached hydrogens (primary N) is 1. The number of aliphatic hydroxyl groups excluding tert-OH is 2. The van der Waals surface area contributed by atoms with Gasteiger partial charge in [-0.1, -0.05) is 18.2 Å². The van der Waals surface area contributed by atoms with Gasteiger partial charge in [0.1, 0.15) is 28.6 Å². The minimum Gasteiger partial charge on any atom is -0.508 e. The minimum atomic E-state index is -2.70. The quantitative estimate of drug-likeness (QED) is 0.218. The number of likely N-dealkylation sites (N-methyl/N-ethyl adjacent to an activating group) is 1. The number of amides is 2. The lowest BCUT2D eigenvalue weighted by Crippen LogP contribution is -2.65. The molecule has 1 saturated carbocycles. The summed E-state index contributed by atoms with van der Waals surface area (Å²) in [5.74, 6) is -6.74. The highest BCUT2D eigenvalue weighted by molar-refractivity contribution is 6.24. The third-order valence-corrected chi connectivity index (χ3v) is 9.41. The van der Waals surface area contributed by atoms with Crippen LogP contribution in [0.1, 0.15) is 27.9 Å². The van der Waals surface area contributed by atoms with Gasteiger partial charge in [0.25, 0.3) is 11.8 Å². The zero-order valence-corrected chi connectivity index (χ0v) is 25.8. The van der Waals surface area contributed by atoms with Crippen LogP contribution in [0.5, 0.6) is 11.5 Å². The zero-order chi connectivity index (χ0) is 33.9. The Labute approximate surface area is 269 Å². The van der Waals surface area contributed by atoms with E-state index in [0.717, 1.165) is 0 Å². The number of nitrogens with zero attached hydrogens (tertiary/aromatic N) is 1. The van der Waals surface area contributed by atoms with Gasteiger partial charge in [-0.15, -0.1) is 0 Å². The van der Waals surface area contributed by atoms with E-state index in [1.165, 1.54) is 18.1 Å². The summed E-state index contributed by atoms with van der Waals surface area (Å²) in [6.45, 7) is 0. The van der Waals surface area contributed by atoms with Gasteiger partial charge in [0.15, 0.2) is 11.4 Å². The van der Waals surface area contributed by atoms with Gasteiger partial charge in [0.2, 0.25) is 5.78 Å². The summed E-state index contributed by atoms with van der Waals surface area (Å²) in [5.41, 5.74) is 4.45. The number of methoxy groups -OCH3 is 1. The molecule has 7 N–H and O–H groups in total. The van der Waals surface area contributed by atoms with E-state index in [1.807, 2.05) is 0 Å². The molecule has 0 heterocycles. The fourth-order valence-corrected chi connectivity index (χ4v) is 7.19. The predicted molar refractivity (Wildman–Crippen MR) is 171 cm³/mol. The number of ether oxygens (including phenoxy) is 1. The summed E-state index contributed by atoms with van der Waals surface area (Å²) in [6.07, 6.45) is 0.130. The smallest absolute Gasteiger partial charge is 0.255 e. The zero-order valence-electron chi connectivity index (χ0n) is 25.8. The summed E-state index contributed by atoms with van der Waals surface area (Å²) in [4.78, 5) is 53.8. The number of nitrogens with one attached hydrogen (secondary N) is 1. The number of aromatic hydroxyl groups is 1. The highest BCUT2D eigenvalue weighted by Crippen LogP contribution is 2.53. The van der Waals surface area contributed by atoms with E-state index < -0.39 is 58.0 Å². The molecule has 12 nitrogen and oxygen atoms in total. The van der Waals surface area contributed by atoms with Crippen LogP contribution in [0.4, 0.5) is 5.69 Å². The van der Waals surface area contributed by atoms with Crippen molar-refractivity contribution in [1.29, 1.82) is 0 Å². The van der Waals surface area contributed by atoms with Gasteiger partial charge in [-0.2, -0.15) is 0 Å². The van der Waals surface area contributed by atoms with Crippen LogP contribution < -0.4 is 15.8 Å². The van der Waals surface area contributed by atoms with Gasteiger partial charge in [-0.05, 0) is 92.0 Å². The Bertz CT molecular complexity index is 1910. The van der Waals surface area contributed by atoms with E-state index in [-0.39, 0.29) is 35.6 Å². The van der Waals surface area contributed by atoms with Crippen molar-refractivity contribution in [3.63, 3.8) is 0 Å². The lowest BCUT2D eigenvalue weighted by atomic mass is 9.57. The molecule has 0 aliphatic heterocycles. The molecule has 47 heavy (non-hydrogen) atoms. The normalized spacial score (nSPS) is 23.6. The highest BCUT2D eigenvalue weighted by Gasteiger charge is 2.64. The van der Waals surface area contributed by atoms with Gasteiger partial charge in [0, 0.05) is 22.7 Å². The first kappa shape index (κ1) is 31.5. The van der Waals surface area contributed by atoms with Crippen LogP contribution in [0.15, 0.2) is 77.6 Å². The number of carbonyl (C=O) groups is 4. The standard InChI is InChI=1S/C35H33N3O9/c1-38(2)28-23-15-18-14-22-21(16-4-8-19(9-5-16)37-34(45)17-6-10-20(47-3)11-7-17)12-13-24(39)26(22)29(40)25(18)31(42)35(23,46)32(43)27(30(28)41)33(36)44/h4-13,18,23,28,39-40,43,46H,14-15H2,1-3H3,(H2,36,44)(H,37,45). The largest absolute Gasteiger partial charge is 0.508 e. The molecule has 4 unspecified atom stereocenters. The van der Waals surface area contributed by atoms with Crippen LogP contribution >= 0.6 is 0 Å². The minimum absolute atomic E-state index is 0.00401. The molecule has 4 atom stereocenters. The van der Waals surface area contributed by atoms with E-state index >= 15 is 0 Å². The Morgan fingerprint density at radius 3 is 2.23 bits per heavy atom. The Hall–Kier alpha value is -5.46. The molecule has 6 rings (SSSR count). The molecule has 2 amide bonds. The molecule has 0 saturated heterocycles. The molecule has 0 bridgehead atoms. The van der Waals surface area contributed by atoms with Crippen molar-refractivity contribution >= 4 is 34.8 Å². The maximum atomic E-state index is 14.0.